The number of imidazole rings is 1. The molecule has 1 heterocycles. The van der Waals surface area contributed by atoms with Gasteiger partial charge in [-0.05, 0) is 18.6 Å². The molecular weight excluding hydrogens is 378 g/mol. The number of aryl methyl sites for hydroxylation is 1. The van der Waals surface area contributed by atoms with Crippen molar-refractivity contribution in [3.8, 4) is 0 Å². The molecule has 0 radical (unpaired) electrons. The molecule has 0 saturated heterocycles. The largest absolute Gasteiger partial charge is 0.310 e. The van der Waals surface area contributed by atoms with E-state index in [0.29, 0.717) is 5.62 Å². The summed E-state index contributed by atoms with van der Waals surface area (Å²) in [7, 11) is 0. The number of benzene rings is 1. The van der Waals surface area contributed by atoms with E-state index in [1.54, 1.807) is 6.20 Å². The number of hydrogen-bond donors (Lipinski definition) is 1. The number of rotatable bonds is 16. The maximum absolute atomic E-state index is 8.40. The fraction of sp³-hybridized carbons (Fsp3) is 0.640. The Hall–Kier alpha value is -1.48. The fourth-order valence-corrected chi connectivity index (χ4v) is 4.13. The summed E-state index contributed by atoms with van der Waals surface area (Å²) in [6, 6.07) is 8.25. The first kappa shape index (κ1) is 25.6. The summed E-state index contributed by atoms with van der Waals surface area (Å²) in [6.07, 6.45) is 21.0. The van der Waals surface area contributed by atoms with Crippen molar-refractivity contribution >= 4 is 29.6 Å². The van der Waals surface area contributed by atoms with E-state index >= 15 is 0 Å². The van der Waals surface area contributed by atoms with Crippen LogP contribution in [0.5, 0.6) is 0 Å². The molecule has 2 rings (SSSR count). The highest BCUT2D eigenvalue weighted by molar-refractivity contribution is 5.85. The normalized spacial score (nSPS) is 10.9. The standard InChI is InChI=1S/C25H41N3.ClH/c1-3-5-6-7-8-9-10-11-12-13-14-15-16-19-22-28-24-21-18-17-20-23(24)27(4-2)25(28)26;/h4,17-18,20-21,26H,2-3,5-16,19,22H2,1H3;1H. The monoisotopic (exact) mass is 419 g/mol. The molecule has 0 aliphatic carbocycles. The predicted octanol–water partition coefficient (Wildman–Crippen LogP) is 7.93. The van der Waals surface area contributed by atoms with Crippen molar-refractivity contribution in [3.05, 3.63) is 36.5 Å². The first-order chi connectivity index (χ1) is 13.8. The minimum atomic E-state index is 0. The van der Waals surface area contributed by atoms with Gasteiger partial charge in [0.25, 0.3) is 0 Å². The number of aromatic nitrogens is 2. The average molecular weight is 420 g/mol. The number of nitrogens with zero attached hydrogens (tertiary/aromatic N) is 2. The van der Waals surface area contributed by atoms with Gasteiger partial charge in [-0.15, -0.1) is 12.4 Å². The van der Waals surface area contributed by atoms with Crippen molar-refractivity contribution in [1.82, 2.24) is 9.13 Å². The van der Waals surface area contributed by atoms with E-state index in [9.17, 15) is 0 Å². The van der Waals surface area contributed by atoms with Gasteiger partial charge in [0.15, 0.2) is 0 Å². The molecule has 1 aromatic heterocycles. The topological polar surface area (TPSA) is 33.7 Å². The van der Waals surface area contributed by atoms with Crippen LogP contribution in [0.1, 0.15) is 96.8 Å². The molecule has 0 amide bonds. The SMILES string of the molecule is C=Cn1c(=N)n(CCCCCCCCCCCCCCCC)c2ccccc21.Cl. The van der Waals surface area contributed by atoms with E-state index < -0.39 is 0 Å². The highest BCUT2D eigenvalue weighted by Crippen LogP contribution is 2.15. The lowest BCUT2D eigenvalue weighted by molar-refractivity contribution is 0.521. The summed E-state index contributed by atoms with van der Waals surface area (Å²) in [4.78, 5) is 0. The third-order valence-corrected chi connectivity index (χ3v) is 5.83. The average Bonchev–Trinajstić information content (AvgIpc) is 2.99. The number of unbranched alkanes of at least 4 members (excludes halogenated alkanes) is 13. The molecule has 0 unspecified atom stereocenters. The molecule has 0 aliphatic heterocycles. The van der Waals surface area contributed by atoms with Crippen LogP contribution in [0.4, 0.5) is 0 Å². The molecule has 3 nitrogen and oxygen atoms in total. The van der Waals surface area contributed by atoms with E-state index in [1.165, 1.54) is 83.5 Å². The van der Waals surface area contributed by atoms with Crippen molar-refractivity contribution in [2.45, 2.75) is 103 Å². The molecule has 0 fully saturated rings. The Morgan fingerprint density at radius 3 is 1.69 bits per heavy atom. The molecule has 29 heavy (non-hydrogen) atoms. The van der Waals surface area contributed by atoms with E-state index in [-0.39, 0.29) is 12.4 Å². The highest BCUT2D eigenvalue weighted by Gasteiger charge is 2.07. The van der Waals surface area contributed by atoms with Crippen LogP contribution in [-0.4, -0.2) is 9.13 Å². The maximum atomic E-state index is 8.40. The molecular formula is C25H42ClN3. The Morgan fingerprint density at radius 1 is 0.759 bits per heavy atom. The zero-order chi connectivity index (χ0) is 20.0. The molecule has 0 saturated carbocycles. The van der Waals surface area contributed by atoms with Crippen LogP contribution < -0.4 is 5.62 Å². The first-order valence-corrected chi connectivity index (χ1v) is 11.7. The summed E-state index contributed by atoms with van der Waals surface area (Å²) in [5, 5.41) is 8.40. The first-order valence-electron chi connectivity index (χ1n) is 11.7. The molecule has 164 valence electrons. The molecule has 0 spiro atoms. The minimum absolute atomic E-state index is 0. The number of hydrogen-bond acceptors (Lipinski definition) is 1. The van der Waals surface area contributed by atoms with Crippen LogP contribution in [0.25, 0.3) is 17.2 Å². The summed E-state index contributed by atoms with van der Waals surface area (Å²) < 4.78 is 4.00. The van der Waals surface area contributed by atoms with Crippen molar-refractivity contribution in [2.75, 3.05) is 0 Å². The van der Waals surface area contributed by atoms with Crippen LogP contribution in [0.15, 0.2) is 30.8 Å². The van der Waals surface area contributed by atoms with E-state index in [4.69, 9.17) is 5.41 Å². The summed E-state index contributed by atoms with van der Waals surface area (Å²) in [6.45, 7) is 7.07. The second kappa shape index (κ2) is 15.4. The molecule has 0 atom stereocenters. The summed E-state index contributed by atoms with van der Waals surface area (Å²) >= 11 is 0. The zero-order valence-electron chi connectivity index (χ0n) is 18.5. The highest BCUT2D eigenvalue weighted by atomic mass is 35.5. The third-order valence-electron chi connectivity index (χ3n) is 5.83. The molecule has 2 aromatic rings. The van der Waals surface area contributed by atoms with Gasteiger partial charge in [0.1, 0.15) is 0 Å². The van der Waals surface area contributed by atoms with Gasteiger partial charge in [0.2, 0.25) is 5.62 Å². The minimum Gasteiger partial charge on any atom is -0.310 e. The number of halogens is 1. The zero-order valence-corrected chi connectivity index (χ0v) is 19.3. The van der Waals surface area contributed by atoms with Crippen molar-refractivity contribution in [3.63, 3.8) is 0 Å². The summed E-state index contributed by atoms with van der Waals surface area (Å²) in [5.74, 6) is 0. The lowest BCUT2D eigenvalue weighted by Crippen LogP contribution is -2.21. The van der Waals surface area contributed by atoms with E-state index in [1.807, 2.05) is 10.6 Å². The molecule has 1 N–H and O–H groups in total. The van der Waals surface area contributed by atoms with Gasteiger partial charge in [0.05, 0.1) is 11.0 Å². The number of para-hydroxylation sites is 2. The van der Waals surface area contributed by atoms with Crippen molar-refractivity contribution < 1.29 is 0 Å². The van der Waals surface area contributed by atoms with E-state index in [2.05, 4.69) is 36.3 Å². The Kier molecular flexibility index (Phi) is 13.5. The second-order valence-electron chi connectivity index (χ2n) is 8.11. The van der Waals surface area contributed by atoms with Gasteiger partial charge >= 0.3 is 0 Å². The van der Waals surface area contributed by atoms with Crippen LogP contribution in [-0.2, 0) is 6.54 Å². The fourth-order valence-electron chi connectivity index (χ4n) is 4.13. The maximum Gasteiger partial charge on any atom is 0.207 e. The molecule has 0 bridgehead atoms. The molecule has 0 aliphatic rings. The van der Waals surface area contributed by atoms with E-state index in [0.717, 1.165) is 24.0 Å². The molecule has 1 aromatic carbocycles. The van der Waals surface area contributed by atoms with Crippen LogP contribution >= 0.6 is 12.4 Å². The lowest BCUT2D eigenvalue weighted by atomic mass is 10.0. The van der Waals surface area contributed by atoms with Crippen LogP contribution in [0.2, 0.25) is 0 Å². The number of fused-ring (bicyclic) bond motifs is 1. The smallest absolute Gasteiger partial charge is 0.207 e. The lowest BCUT2D eigenvalue weighted by Gasteiger charge is -2.05. The van der Waals surface area contributed by atoms with Gasteiger partial charge in [-0.25, -0.2) is 0 Å². The predicted molar refractivity (Wildman–Crippen MR) is 130 cm³/mol. The van der Waals surface area contributed by atoms with Gasteiger partial charge in [-0.3, -0.25) is 9.98 Å². The van der Waals surface area contributed by atoms with Crippen molar-refractivity contribution in [2.24, 2.45) is 0 Å². The second-order valence-corrected chi connectivity index (χ2v) is 8.11. The summed E-state index contributed by atoms with van der Waals surface area (Å²) in [5.41, 5.74) is 2.75. The Bertz CT molecular complexity index is 744. The van der Waals surface area contributed by atoms with Gasteiger partial charge in [-0.2, -0.15) is 0 Å². The Morgan fingerprint density at radius 2 is 1.21 bits per heavy atom. The number of nitrogens with one attached hydrogen (secondary N) is 1. The van der Waals surface area contributed by atoms with Gasteiger partial charge in [0, 0.05) is 12.7 Å². The Labute approximate surface area is 184 Å². The van der Waals surface area contributed by atoms with Crippen LogP contribution in [0, 0.1) is 5.41 Å². The van der Waals surface area contributed by atoms with Crippen LogP contribution in [0.3, 0.4) is 0 Å². The van der Waals surface area contributed by atoms with Gasteiger partial charge in [-0.1, -0.05) is 109 Å². The third kappa shape index (κ3) is 8.42. The Balaban J connectivity index is 0.00000420. The molecule has 4 heteroatoms. The quantitative estimate of drug-likeness (QED) is 0.268. The van der Waals surface area contributed by atoms with Crippen molar-refractivity contribution in [1.29, 1.82) is 5.41 Å². The van der Waals surface area contributed by atoms with Gasteiger partial charge < -0.3 is 4.57 Å².